The zero-order chi connectivity index (χ0) is 12.7. The fourth-order valence-electron chi connectivity index (χ4n) is 1.24. The Kier molecular flexibility index (Phi) is 5.42. The van der Waals surface area contributed by atoms with Crippen LogP contribution in [-0.2, 0) is 4.79 Å². The van der Waals surface area contributed by atoms with Crippen molar-refractivity contribution in [2.75, 3.05) is 6.54 Å². The highest BCUT2D eigenvalue weighted by Crippen LogP contribution is 2.05. The summed E-state index contributed by atoms with van der Waals surface area (Å²) in [5.41, 5.74) is 5.45. The van der Waals surface area contributed by atoms with Crippen LogP contribution >= 0.6 is 11.6 Å². The summed E-state index contributed by atoms with van der Waals surface area (Å²) < 4.78 is 0. The summed E-state index contributed by atoms with van der Waals surface area (Å²) in [6, 6.07) is 3.16. The van der Waals surface area contributed by atoms with Crippen LogP contribution < -0.4 is 11.1 Å². The molecule has 0 saturated heterocycles. The average Bonchev–Trinajstić information content (AvgIpc) is 2.29. The number of carbonyl (C=O) groups excluding carboxylic acids is 2. The van der Waals surface area contributed by atoms with Crippen molar-refractivity contribution in [3.05, 3.63) is 29.0 Å². The Morgan fingerprint density at radius 2 is 2.12 bits per heavy atom. The number of nitrogens with one attached hydrogen (secondary N) is 1. The predicted octanol–water partition coefficient (Wildman–Crippen LogP) is 1.12. The summed E-state index contributed by atoms with van der Waals surface area (Å²) in [4.78, 5) is 25.8. The van der Waals surface area contributed by atoms with Gasteiger partial charge in [0.25, 0.3) is 5.91 Å². The van der Waals surface area contributed by atoms with Crippen LogP contribution in [0.25, 0.3) is 0 Å². The van der Waals surface area contributed by atoms with E-state index in [2.05, 4.69) is 10.3 Å². The highest BCUT2D eigenvalue weighted by atomic mass is 35.5. The second-order valence-electron chi connectivity index (χ2n) is 3.55. The zero-order valence-electron chi connectivity index (χ0n) is 9.28. The highest BCUT2D eigenvalue weighted by Gasteiger charge is 2.04. The van der Waals surface area contributed by atoms with Crippen molar-refractivity contribution in [2.24, 2.45) is 5.73 Å². The summed E-state index contributed by atoms with van der Waals surface area (Å²) in [6.07, 6.45) is 3.16. The van der Waals surface area contributed by atoms with Crippen molar-refractivity contribution in [1.29, 1.82) is 0 Å². The molecule has 0 bridgehead atoms. The molecule has 0 aliphatic carbocycles. The second kappa shape index (κ2) is 6.85. The Bertz CT molecular complexity index is 392. The minimum Gasteiger partial charge on any atom is -0.370 e. The van der Waals surface area contributed by atoms with E-state index in [4.69, 9.17) is 17.3 Å². The van der Waals surface area contributed by atoms with Crippen molar-refractivity contribution in [3.63, 3.8) is 0 Å². The van der Waals surface area contributed by atoms with Gasteiger partial charge in [0.05, 0.1) is 5.56 Å². The van der Waals surface area contributed by atoms with Crippen molar-refractivity contribution in [1.82, 2.24) is 10.3 Å². The van der Waals surface area contributed by atoms with Crippen LogP contribution in [0.4, 0.5) is 0 Å². The Balaban J connectivity index is 2.25. The molecule has 0 fully saturated rings. The first-order valence-electron chi connectivity index (χ1n) is 5.27. The molecule has 0 spiro atoms. The molecule has 0 aliphatic heterocycles. The van der Waals surface area contributed by atoms with Gasteiger partial charge in [-0.25, -0.2) is 4.98 Å². The van der Waals surface area contributed by atoms with Gasteiger partial charge in [0.2, 0.25) is 5.91 Å². The molecule has 0 radical (unpaired) electrons. The number of halogens is 1. The number of pyridine rings is 1. The number of unbranched alkanes of at least 4 members (excludes halogenated alkanes) is 1. The lowest BCUT2D eigenvalue weighted by molar-refractivity contribution is -0.118. The first kappa shape index (κ1) is 13.4. The maximum absolute atomic E-state index is 11.6. The molecule has 92 valence electrons. The van der Waals surface area contributed by atoms with E-state index in [1.165, 1.54) is 6.20 Å². The van der Waals surface area contributed by atoms with Crippen molar-refractivity contribution < 1.29 is 9.59 Å². The van der Waals surface area contributed by atoms with Gasteiger partial charge in [-0.1, -0.05) is 11.6 Å². The third-order valence-electron chi connectivity index (χ3n) is 2.13. The summed E-state index contributed by atoms with van der Waals surface area (Å²) in [7, 11) is 0. The largest absolute Gasteiger partial charge is 0.370 e. The molecular formula is C11H14ClN3O2. The van der Waals surface area contributed by atoms with Crippen molar-refractivity contribution in [3.8, 4) is 0 Å². The van der Waals surface area contributed by atoms with Crippen LogP contribution in [0.5, 0.6) is 0 Å². The van der Waals surface area contributed by atoms with Crippen LogP contribution in [0.2, 0.25) is 5.15 Å². The van der Waals surface area contributed by atoms with Gasteiger partial charge in [-0.3, -0.25) is 9.59 Å². The summed E-state index contributed by atoms with van der Waals surface area (Å²) in [5.74, 6) is -0.522. The first-order valence-corrected chi connectivity index (χ1v) is 5.65. The Hall–Kier alpha value is -1.62. The smallest absolute Gasteiger partial charge is 0.252 e. The Morgan fingerprint density at radius 1 is 1.35 bits per heavy atom. The normalized spacial score (nSPS) is 9.94. The van der Waals surface area contributed by atoms with Crippen LogP contribution in [0.1, 0.15) is 29.6 Å². The molecule has 17 heavy (non-hydrogen) atoms. The zero-order valence-corrected chi connectivity index (χ0v) is 10.0. The highest BCUT2D eigenvalue weighted by molar-refractivity contribution is 6.29. The number of nitrogens with zero attached hydrogens (tertiary/aromatic N) is 1. The van der Waals surface area contributed by atoms with Crippen LogP contribution in [0.15, 0.2) is 18.3 Å². The number of aromatic nitrogens is 1. The summed E-state index contributed by atoms with van der Waals surface area (Å²) >= 11 is 5.61. The van der Waals surface area contributed by atoms with Gasteiger partial charge in [0, 0.05) is 19.2 Å². The Morgan fingerprint density at radius 3 is 2.71 bits per heavy atom. The summed E-state index contributed by atoms with van der Waals surface area (Å²) in [6.45, 7) is 0.509. The molecule has 1 aromatic rings. The van der Waals surface area contributed by atoms with E-state index < -0.39 is 0 Å². The van der Waals surface area contributed by atoms with E-state index in [0.717, 1.165) is 6.42 Å². The van der Waals surface area contributed by atoms with E-state index >= 15 is 0 Å². The topological polar surface area (TPSA) is 85.1 Å². The fraction of sp³-hybridized carbons (Fsp3) is 0.364. The van der Waals surface area contributed by atoms with E-state index in [0.29, 0.717) is 30.1 Å². The number of amides is 2. The van der Waals surface area contributed by atoms with Gasteiger partial charge in [-0.05, 0) is 25.0 Å². The third-order valence-corrected chi connectivity index (χ3v) is 2.35. The predicted molar refractivity (Wildman–Crippen MR) is 64.6 cm³/mol. The molecule has 2 amide bonds. The number of nitrogens with two attached hydrogens (primary N) is 1. The number of carbonyl (C=O) groups is 2. The third kappa shape index (κ3) is 5.31. The SMILES string of the molecule is NC(=O)CCCCNC(=O)c1ccc(Cl)nc1. The number of hydrogen-bond donors (Lipinski definition) is 2. The minimum atomic E-state index is -0.321. The quantitative estimate of drug-likeness (QED) is 0.590. The van der Waals surface area contributed by atoms with Crippen LogP contribution in [0.3, 0.4) is 0 Å². The van der Waals surface area contributed by atoms with Crippen molar-refractivity contribution in [2.45, 2.75) is 19.3 Å². The second-order valence-corrected chi connectivity index (χ2v) is 3.94. The van der Waals surface area contributed by atoms with Crippen LogP contribution in [-0.4, -0.2) is 23.3 Å². The number of primary amides is 1. The fourth-order valence-corrected chi connectivity index (χ4v) is 1.35. The maximum atomic E-state index is 11.6. The lowest BCUT2D eigenvalue weighted by Gasteiger charge is -2.04. The first-order chi connectivity index (χ1) is 8.09. The molecule has 1 heterocycles. The van der Waals surface area contributed by atoms with E-state index in [1.807, 2.05) is 0 Å². The van der Waals surface area contributed by atoms with E-state index in [9.17, 15) is 9.59 Å². The Labute approximate surface area is 104 Å². The molecular weight excluding hydrogens is 242 g/mol. The molecule has 3 N–H and O–H groups in total. The molecule has 1 rings (SSSR count). The maximum Gasteiger partial charge on any atom is 0.252 e. The molecule has 0 aromatic carbocycles. The van der Waals surface area contributed by atoms with Gasteiger partial charge in [0.15, 0.2) is 0 Å². The van der Waals surface area contributed by atoms with Crippen molar-refractivity contribution >= 4 is 23.4 Å². The number of rotatable bonds is 6. The lowest BCUT2D eigenvalue weighted by atomic mass is 10.2. The summed E-state index contributed by atoms with van der Waals surface area (Å²) in [5, 5.41) is 3.07. The molecule has 1 aromatic heterocycles. The monoisotopic (exact) mass is 255 g/mol. The van der Waals surface area contributed by atoms with Gasteiger partial charge in [0.1, 0.15) is 5.15 Å². The van der Waals surface area contributed by atoms with Gasteiger partial charge >= 0.3 is 0 Å². The van der Waals surface area contributed by atoms with Gasteiger partial charge in [-0.2, -0.15) is 0 Å². The molecule has 0 atom stereocenters. The standard InChI is InChI=1S/C11H14ClN3O2/c12-9-5-4-8(7-15-9)11(17)14-6-2-1-3-10(13)16/h4-5,7H,1-3,6H2,(H2,13,16)(H,14,17). The molecule has 0 aliphatic rings. The number of hydrogen-bond acceptors (Lipinski definition) is 3. The average molecular weight is 256 g/mol. The van der Waals surface area contributed by atoms with E-state index in [1.54, 1.807) is 12.1 Å². The van der Waals surface area contributed by atoms with Gasteiger partial charge < -0.3 is 11.1 Å². The molecule has 6 heteroatoms. The minimum absolute atomic E-state index is 0.201. The molecule has 0 unspecified atom stereocenters. The van der Waals surface area contributed by atoms with Gasteiger partial charge in [-0.15, -0.1) is 0 Å². The molecule has 0 saturated carbocycles. The lowest BCUT2D eigenvalue weighted by Crippen LogP contribution is -2.24. The molecule has 5 nitrogen and oxygen atoms in total. The van der Waals surface area contributed by atoms with Crippen LogP contribution in [0, 0.1) is 0 Å². The van der Waals surface area contributed by atoms with E-state index in [-0.39, 0.29) is 11.8 Å².